The van der Waals surface area contributed by atoms with Crippen LogP contribution in [0.2, 0.25) is 0 Å². The molecule has 0 bridgehead atoms. The second kappa shape index (κ2) is 11.9. The molecule has 0 radical (unpaired) electrons. The number of guanidine groups is 1. The second-order valence-corrected chi connectivity index (χ2v) is 7.35. The zero-order chi connectivity index (χ0) is 20.6. The Kier molecular flexibility index (Phi) is 9.64. The van der Waals surface area contributed by atoms with Crippen LogP contribution < -0.4 is 10.6 Å². The number of benzene rings is 1. The van der Waals surface area contributed by atoms with E-state index in [0.717, 1.165) is 30.2 Å². The van der Waals surface area contributed by atoms with E-state index in [9.17, 15) is 4.79 Å². The SMILES string of the molecule is CN=C(NCCc1ccco1)NCc1ccc(C(=O)N2CC(C)OC(C)C2)cc1.I. The smallest absolute Gasteiger partial charge is 0.254 e. The largest absolute Gasteiger partial charge is 0.469 e. The van der Waals surface area contributed by atoms with Crippen molar-refractivity contribution in [3.8, 4) is 0 Å². The van der Waals surface area contributed by atoms with E-state index >= 15 is 0 Å². The molecule has 2 heterocycles. The second-order valence-electron chi connectivity index (χ2n) is 7.35. The van der Waals surface area contributed by atoms with Crippen molar-refractivity contribution in [2.45, 2.75) is 39.0 Å². The molecule has 1 aliphatic rings. The molecular formula is C22H31IN4O3. The zero-order valence-electron chi connectivity index (χ0n) is 17.8. The molecule has 1 aromatic carbocycles. The summed E-state index contributed by atoms with van der Waals surface area (Å²) in [5, 5.41) is 6.55. The van der Waals surface area contributed by atoms with E-state index in [4.69, 9.17) is 9.15 Å². The molecule has 0 aliphatic carbocycles. The van der Waals surface area contributed by atoms with E-state index in [1.54, 1.807) is 13.3 Å². The van der Waals surface area contributed by atoms with Gasteiger partial charge in [0.25, 0.3) is 5.91 Å². The van der Waals surface area contributed by atoms with Gasteiger partial charge in [-0.05, 0) is 43.7 Å². The normalized spacial score (nSPS) is 19.2. The molecular weight excluding hydrogens is 495 g/mol. The molecule has 1 fully saturated rings. The van der Waals surface area contributed by atoms with Crippen molar-refractivity contribution in [1.29, 1.82) is 0 Å². The van der Waals surface area contributed by atoms with Crippen molar-refractivity contribution < 1.29 is 13.9 Å². The molecule has 0 saturated carbocycles. The van der Waals surface area contributed by atoms with Gasteiger partial charge in [0.15, 0.2) is 5.96 Å². The highest BCUT2D eigenvalue weighted by Gasteiger charge is 2.26. The average Bonchev–Trinajstić information content (AvgIpc) is 3.23. The Hall–Kier alpha value is -2.07. The molecule has 1 aliphatic heterocycles. The van der Waals surface area contributed by atoms with Crippen LogP contribution in [0.5, 0.6) is 0 Å². The summed E-state index contributed by atoms with van der Waals surface area (Å²) in [5.74, 6) is 1.73. The summed E-state index contributed by atoms with van der Waals surface area (Å²) >= 11 is 0. The fraction of sp³-hybridized carbons (Fsp3) is 0.455. The Morgan fingerprint density at radius 2 is 1.83 bits per heavy atom. The maximum Gasteiger partial charge on any atom is 0.254 e. The van der Waals surface area contributed by atoms with E-state index < -0.39 is 0 Å². The van der Waals surface area contributed by atoms with Crippen molar-refractivity contribution in [3.63, 3.8) is 0 Å². The predicted molar refractivity (Wildman–Crippen MR) is 128 cm³/mol. The van der Waals surface area contributed by atoms with Gasteiger partial charge >= 0.3 is 0 Å². The van der Waals surface area contributed by atoms with E-state index in [2.05, 4.69) is 15.6 Å². The zero-order valence-corrected chi connectivity index (χ0v) is 20.1. The molecule has 7 nitrogen and oxygen atoms in total. The summed E-state index contributed by atoms with van der Waals surface area (Å²) in [6.45, 7) is 6.62. The van der Waals surface area contributed by atoms with Gasteiger partial charge in [-0.3, -0.25) is 9.79 Å². The average molecular weight is 526 g/mol. The molecule has 2 unspecified atom stereocenters. The van der Waals surface area contributed by atoms with Gasteiger partial charge in [0.1, 0.15) is 5.76 Å². The Morgan fingerprint density at radius 1 is 1.13 bits per heavy atom. The molecule has 2 atom stereocenters. The number of hydrogen-bond acceptors (Lipinski definition) is 4. The van der Waals surface area contributed by atoms with Crippen molar-refractivity contribution in [3.05, 3.63) is 59.5 Å². The first-order valence-electron chi connectivity index (χ1n) is 10.1. The van der Waals surface area contributed by atoms with Gasteiger partial charge in [-0.15, -0.1) is 24.0 Å². The maximum atomic E-state index is 12.7. The van der Waals surface area contributed by atoms with Gasteiger partial charge in [0, 0.05) is 45.2 Å². The minimum absolute atomic E-state index is 0. The van der Waals surface area contributed by atoms with Crippen LogP contribution in [0.15, 0.2) is 52.1 Å². The topological polar surface area (TPSA) is 79.1 Å². The molecule has 2 aromatic rings. The molecule has 164 valence electrons. The van der Waals surface area contributed by atoms with Crippen LogP contribution in [-0.4, -0.2) is 55.7 Å². The lowest BCUT2D eigenvalue weighted by Gasteiger charge is -2.35. The van der Waals surface area contributed by atoms with Gasteiger partial charge in [-0.2, -0.15) is 0 Å². The number of carbonyl (C=O) groups is 1. The number of morpholine rings is 1. The first kappa shape index (κ1) is 24.2. The first-order valence-corrected chi connectivity index (χ1v) is 10.1. The van der Waals surface area contributed by atoms with Crippen LogP contribution in [0.25, 0.3) is 0 Å². The molecule has 1 aromatic heterocycles. The molecule has 8 heteroatoms. The number of ether oxygens (including phenoxy) is 1. The number of aliphatic imine (C=N–C) groups is 1. The van der Waals surface area contributed by atoms with E-state index in [1.165, 1.54) is 0 Å². The van der Waals surface area contributed by atoms with Crippen molar-refractivity contribution >= 4 is 35.8 Å². The number of rotatable bonds is 6. The Bertz CT molecular complexity index is 798. The van der Waals surface area contributed by atoms with Crippen LogP contribution in [0.4, 0.5) is 0 Å². The minimum atomic E-state index is 0. The highest BCUT2D eigenvalue weighted by molar-refractivity contribution is 14.0. The Morgan fingerprint density at radius 3 is 2.43 bits per heavy atom. The van der Waals surface area contributed by atoms with Crippen molar-refractivity contribution in [2.24, 2.45) is 4.99 Å². The van der Waals surface area contributed by atoms with Crippen LogP contribution in [0.3, 0.4) is 0 Å². The van der Waals surface area contributed by atoms with E-state index in [-0.39, 0.29) is 42.1 Å². The summed E-state index contributed by atoms with van der Waals surface area (Å²) in [6, 6.07) is 11.6. The predicted octanol–water partition coefficient (Wildman–Crippen LogP) is 3.05. The van der Waals surface area contributed by atoms with Crippen molar-refractivity contribution in [1.82, 2.24) is 15.5 Å². The van der Waals surface area contributed by atoms with Crippen LogP contribution in [0.1, 0.15) is 35.5 Å². The van der Waals surface area contributed by atoms with Gasteiger partial charge in [0.2, 0.25) is 0 Å². The first-order chi connectivity index (χ1) is 14.0. The summed E-state index contributed by atoms with van der Waals surface area (Å²) in [6.07, 6.45) is 2.61. The fourth-order valence-corrected chi connectivity index (χ4v) is 3.46. The molecule has 1 amide bonds. The summed E-state index contributed by atoms with van der Waals surface area (Å²) in [7, 11) is 1.74. The highest BCUT2D eigenvalue weighted by atomic mass is 127. The molecule has 2 N–H and O–H groups in total. The van der Waals surface area contributed by atoms with E-state index in [0.29, 0.717) is 25.2 Å². The van der Waals surface area contributed by atoms with Gasteiger partial charge in [-0.1, -0.05) is 12.1 Å². The number of nitrogens with one attached hydrogen (secondary N) is 2. The maximum absolute atomic E-state index is 12.7. The molecule has 0 spiro atoms. The minimum Gasteiger partial charge on any atom is -0.469 e. The Labute approximate surface area is 195 Å². The number of nitrogens with zero attached hydrogens (tertiary/aromatic N) is 2. The number of halogens is 1. The summed E-state index contributed by atoms with van der Waals surface area (Å²) in [5.41, 5.74) is 1.79. The third-order valence-electron chi connectivity index (χ3n) is 4.84. The number of carbonyl (C=O) groups excluding carboxylic acids is 1. The summed E-state index contributed by atoms with van der Waals surface area (Å²) in [4.78, 5) is 18.9. The van der Waals surface area contributed by atoms with Crippen LogP contribution >= 0.6 is 24.0 Å². The lowest BCUT2D eigenvalue weighted by molar-refractivity contribution is -0.0586. The fourth-order valence-electron chi connectivity index (χ4n) is 3.46. The lowest BCUT2D eigenvalue weighted by Crippen LogP contribution is -2.48. The molecule has 3 rings (SSSR count). The summed E-state index contributed by atoms with van der Waals surface area (Å²) < 4.78 is 11.0. The van der Waals surface area contributed by atoms with Crippen LogP contribution in [-0.2, 0) is 17.7 Å². The standard InChI is InChI=1S/C22H30N4O3.HI/c1-16-14-26(15-17(2)29-16)21(27)19-8-6-18(7-9-19)13-25-22(23-3)24-11-10-20-5-4-12-28-20;/h4-9,12,16-17H,10-11,13-15H2,1-3H3,(H2,23,24,25);1H. The third kappa shape index (κ3) is 7.02. The van der Waals surface area contributed by atoms with Crippen LogP contribution in [0, 0.1) is 0 Å². The van der Waals surface area contributed by atoms with Gasteiger partial charge < -0.3 is 24.7 Å². The monoisotopic (exact) mass is 526 g/mol. The Balaban J connectivity index is 0.00000320. The third-order valence-corrected chi connectivity index (χ3v) is 4.84. The number of amides is 1. The molecule has 1 saturated heterocycles. The number of furan rings is 1. The van der Waals surface area contributed by atoms with Gasteiger partial charge in [-0.25, -0.2) is 0 Å². The lowest BCUT2D eigenvalue weighted by atomic mass is 10.1. The number of hydrogen-bond donors (Lipinski definition) is 2. The van der Waals surface area contributed by atoms with Crippen molar-refractivity contribution in [2.75, 3.05) is 26.7 Å². The quantitative estimate of drug-likeness (QED) is 0.344. The molecule has 30 heavy (non-hydrogen) atoms. The van der Waals surface area contributed by atoms with Gasteiger partial charge in [0.05, 0.1) is 18.5 Å². The highest BCUT2D eigenvalue weighted by Crippen LogP contribution is 2.15. The van der Waals surface area contributed by atoms with E-state index in [1.807, 2.05) is 55.1 Å².